The number of benzene rings is 2. The first-order valence-corrected chi connectivity index (χ1v) is 11.5. The fourth-order valence-corrected chi connectivity index (χ4v) is 5.10. The lowest BCUT2D eigenvalue weighted by Gasteiger charge is -2.24. The highest BCUT2D eigenvalue weighted by Gasteiger charge is 2.58. The second kappa shape index (κ2) is 8.68. The number of carbonyl (C=O) groups excluding carboxylic acids is 4. The fraction of sp³-hybridized carbons (Fsp3) is 0.360. The van der Waals surface area contributed by atoms with E-state index in [1.807, 2.05) is 0 Å². The number of aryl methyl sites for hydroxylation is 2. The molecule has 1 aliphatic carbocycles. The van der Waals surface area contributed by atoms with Gasteiger partial charge in [-0.15, -0.1) is 0 Å². The van der Waals surface area contributed by atoms with Crippen LogP contribution < -0.4 is 10.6 Å². The summed E-state index contributed by atoms with van der Waals surface area (Å²) in [6.07, 6.45) is 1.21. The molecule has 10 heteroatoms. The van der Waals surface area contributed by atoms with E-state index in [1.54, 1.807) is 29.2 Å². The van der Waals surface area contributed by atoms with E-state index in [9.17, 15) is 23.6 Å². The molecular formula is C25H25FN4O5. The highest BCUT2D eigenvalue weighted by atomic mass is 19.1. The molecule has 35 heavy (non-hydrogen) atoms. The van der Waals surface area contributed by atoms with E-state index < -0.39 is 24.1 Å². The molecule has 0 aromatic heterocycles. The van der Waals surface area contributed by atoms with Crippen LogP contribution in [0.1, 0.15) is 35.1 Å². The van der Waals surface area contributed by atoms with Crippen LogP contribution in [0, 0.1) is 5.82 Å². The van der Waals surface area contributed by atoms with Gasteiger partial charge in [-0.3, -0.25) is 9.59 Å². The van der Waals surface area contributed by atoms with Crippen molar-refractivity contribution in [3.63, 3.8) is 0 Å². The molecule has 9 nitrogen and oxygen atoms in total. The molecule has 1 spiro atoms. The van der Waals surface area contributed by atoms with Crippen LogP contribution in [0.25, 0.3) is 0 Å². The number of ether oxygens (including phenoxy) is 1. The molecule has 1 fully saturated rings. The van der Waals surface area contributed by atoms with Gasteiger partial charge < -0.3 is 20.3 Å². The highest BCUT2D eigenvalue weighted by molar-refractivity contribution is 6.06. The van der Waals surface area contributed by atoms with Crippen LogP contribution in [0.15, 0.2) is 36.4 Å². The average molecular weight is 480 g/mol. The smallest absolute Gasteiger partial charge is 0.418 e. The van der Waals surface area contributed by atoms with Crippen LogP contribution in [0.2, 0.25) is 0 Å². The largest absolute Gasteiger partial charge is 0.427 e. The van der Waals surface area contributed by atoms with Gasteiger partial charge >= 0.3 is 12.1 Å². The molecule has 2 heterocycles. The lowest BCUT2D eigenvalue weighted by atomic mass is 9.94. The molecule has 2 aliphatic heterocycles. The first-order valence-electron chi connectivity index (χ1n) is 11.5. The molecular weight excluding hydrogens is 455 g/mol. The number of anilines is 1. The molecule has 182 valence electrons. The number of urea groups is 1. The Labute approximate surface area is 201 Å². The van der Waals surface area contributed by atoms with E-state index in [0.717, 1.165) is 21.6 Å². The van der Waals surface area contributed by atoms with Crippen LogP contribution in [0.4, 0.5) is 19.7 Å². The minimum absolute atomic E-state index is 0.268. The Morgan fingerprint density at radius 2 is 1.91 bits per heavy atom. The Kier molecular flexibility index (Phi) is 5.66. The Hall–Kier alpha value is -3.95. The Morgan fingerprint density at radius 1 is 1.09 bits per heavy atom. The molecule has 2 aromatic carbocycles. The SMILES string of the molecule is CNC(=O)Nc1ccc2c(c1)CC[C@@]21OC(=O)N(CC(=O)N2CCCc3cc(F)ccc3C2)C1=O. The minimum Gasteiger partial charge on any atom is -0.427 e. The Bertz CT molecular complexity index is 1250. The second-order valence-corrected chi connectivity index (χ2v) is 8.99. The zero-order valence-corrected chi connectivity index (χ0v) is 19.2. The van der Waals surface area contributed by atoms with Crippen molar-refractivity contribution in [2.45, 2.75) is 37.8 Å². The van der Waals surface area contributed by atoms with Gasteiger partial charge in [-0.25, -0.2) is 18.9 Å². The number of imide groups is 1. The number of hydrogen-bond acceptors (Lipinski definition) is 5. The van der Waals surface area contributed by atoms with Crippen molar-refractivity contribution in [1.29, 1.82) is 0 Å². The maximum Gasteiger partial charge on any atom is 0.418 e. The van der Waals surface area contributed by atoms with Crippen molar-refractivity contribution in [2.75, 3.05) is 25.5 Å². The third-order valence-corrected chi connectivity index (χ3v) is 6.89. The topological polar surface area (TPSA) is 108 Å². The zero-order valence-electron chi connectivity index (χ0n) is 19.2. The maximum absolute atomic E-state index is 13.6. The molecule has 1 saturated heterocycles. The van der Waals surface area contributed by atoms with Crippen molar-refractivity contribution in [1.82, 2.24) is 15.1 Å². The van der Waals surface area contributed by atoms with Crippen LogP contribution in [-0.4, -0.2) is 53.9 Å². The number of nitrogens with zero attached hydrogens (tertiary/aromatic N) is 2. The quantitative estimate of drug-likeness (QED) is 0.702. The number of fused-ring (bicyclic) bond motifs is 3. The van der Waals surface area contributed by atoms with Crippen molar-refractivity contribution in [3.05, 3.63) is 64.5 Å². The molecule has 0 bridgehead atoms. The van der Waals surface area contributed by atoms with Gasteiger partial charge in [0.2, 0.25) is 11.5 Å². The Balaban J connectivity index is 1.32. The molecule has 5 amide bonds. The van der Waals surface area contributed by atoms with Crippen LogP contribution in [0.5, 0.6) is 0 Å². The number of rotatable bonds is 3. The standard InChI is InChI=1S/C25H25FN4O5/c1-27-23(33)28-19-6-7-20-16(12-19)8-9-25(20)22(32)30(24(34)35-25)14-21(31)29-10-2-3-15-11-18(26)5-4-17(15)13-29/h4-7,11-12H,2-3,8-10,13-14H2,1H3,(H2,27,28,33)/t25-/m1/s1. The third kappa shape index (κ3) is 3.98. The lowest BCUT2D eigenvalue weighted by Crippen LogP contribution is -2.44. The first kappa shape index (κ1) is 22.8. The fourth-order valence-electron chi connectivity index (χ4n) is 5.10. The zero-order chi connectivity index (χ0) is 24.7. The van der Waals surface area contributed by atoms with E-state index in [1.165, 1.54) is 19.2 Å². The van der Waals surface area contributed by atoms with Crippen LogP contribution >= 0.6 is 0 Å². The minimum atomic E-state index is -1.46. The Morgan fingerprint density at radius 3 is 2.71 bits per heavy atom. The van der Waals surface area contributed by atoms with E-state index in [4.69, 9.17) is 4.74 Å². The summed E-state index contributed by atoms with van der Waals surface area (Å²) in [6.45, 7) is 0.323. The summed E-state index contributed by atoms with van der Waals surface area (Å²) in [5.41, 5.74) is 2.19. The predicted octanol–water partition coefficient (Wildman–Crippen LogP) is 2.67. The molecule has 0 unspecified atom stereocenters. The molecule has 5 rings (SSSR count). The molecule has 2 N–H and O–H groups in total. The van der Waals surface area contributed by atoms with Crippen LogP contribution in [0.3, 0.4) is 0 Å². The molecule has 0 saturated carbocycles. The van der Waals surface area contributed by atoms with Gasteiger partial charge in [-0.1, -0.05) is 12.1 Å². The van der Waals surface area contributed by atoms with E-state index in [-0.39, 0.29) is 24.2 Å². The normalized spacial score (nSPS) is 20.9. The third-order valence-electron chi connectivity index (χ3n) is 6.89. The number of nitrogens with one attached hydrogen (secondary N) is 2. The van der Waals surface area contributed by atoms with Gasteiger partial charge in [-0.2, -0.15) is 0 Å². The molecule has 2 aromatic rings. The van der Waals surface area contributed by atoms with Crippen molar-refractivity contribution >= 4 is 29.6 Å². The van der Waals surface area contributed by atoms with Gasteiger partial charge in [0.25, 0.3) is 5.91 Å². The van der Waals surface area contributed by atoms with Crippen LogP contribution in [-0.2, 0) is 39.3 Å². The summed E-state index contributed by atoms with van der Waals surface area (Å²) < 4.78 is 19.2. The number of hydrogen-bond donors (Lipinski definition) is 2. The molecule has 0 radical (unpaired) electrons. The summed E-state index contributed by atoms with van der Waals surface area (Å²) >= 11 is 0. The van der Waals surface area contributed by atoms with Crippen molar-refractivity contribution in [3.8, 4) is 0 Å². The van der Waals surface area contributed by atoms with Gasteiger partial charge in [0, 0.05) is 37.8 Å². The van der Waals surface area contributed by atoms with Gasteiger partial charge in [0.05, 0.1) is 0 Å². The number of halogens is 1. The van der Waals surface area contributed by atoms with Gasteiger partial charge in [0.15, 0.2) is 0 Å². The van der Waals surface area contributed by atoms with Gasteiger partial charge in [-0.05, 0) is 60.2 Å². The lowest BCUT2D eigenvalue weighted by molar-refractivity contribution is -0.142. The summed E-state index contributed by atoms with van der Waals surface area (Å²) in [5.74, 6) is -1.24. The molecule has 1 atom stereocenters. The average Bonchev–Trinajstić information content (AvgIpc) is 3.20. The second-order valence-electron chi connectivity index (χ2n) is 8.99. The van der Waals surface area contributed by atoms with Crippen molar-refractivity contribution in [2.24, 2.45) is 0 Å². The number of carbonyl (C=O) groups is 4. The number of amides is 5. The van der Waals surface area contributed by atoms with E-state index in [2.05, 4.69) is 10.6 Å². The van der Waals surface area contributed by atoms with E-state index in [0.29, 0.717) is 43.6 Å². The summed E-state index contributed by atoms with van der Waals surface area (Å²) in [7, 11) is 1.51. The summed E-state index contributed by atoms with van der Waals surface area (Å²) in [6, 6.07) is 9.23. The van der Waals surface area contributed by atoms with E-state index >= 15 is 0 Å². The van der Waals surface area contributed by atoms with Crippen molar-refractivity contribution < 1.29 is 28.3 Å². The summed E-state index contributed by atoms with van der Waals surface area (Å²) in [5, 5.41) is 5.16. The summed E-state index contributed by atoms with van der Waals surface area (Å²) in [4.78, 5) is 53.3. The highest BCUT2D eigenvalue weighted by Crippen LogP contribution is 2.46. The predicted molar refractivity (Wildman–Crippen MR) is 123 cm³/mol. The monoisotopic (exact) mass is 480 g/mol. The maximum atomic E-state index is 13.6. The van der Waals surface area contributed by atoms with Gasteiger partial charge in [0.1, 0.15) is 12.4 Å². The first-order chi connectivity index (χ1) is 16.8. The molecule has 3 aliphatic rings.